The van der Waals surface area contributed by atoms with Crippen LogP contribution in [0, 0.1) is 0 Å². The maximum Gasteiger partial charge on any atom is 0.368 e. The van der Waals surface area contributed by atoms with Gasteiger partial charge in [0.15, 0.2) is 0 Å². The second kappa shape index (κ2) is 6.26. The Morgan fingerprint density at radius 3 is 2.30 bits per heavy atom. The van der Waals surface area contributed by atoms with E-state index in [9.17, 15) is 4.79 Å². The van der Waals surface area contributed by atoms with Crippen molar-refractivity contribution in [2.45, 2.75) is 0 Å². The molecule has 0 aromatic heterocycles. The largest absolute Gasteiger partial charge is 0.378 e. The standard InChI is InChI=1S/C18H15ClN2O2/c1-21(2)15-9-3-12(4-10-15)11-16-17(20-23-18(16)22)13-5-7-14(19)8-6-13/h3-11H,1-2H3/b16-11-. The van der Waals surface area contributed by atoms with E-state index in [2.05, 4.69) is 5.16 Å². The summed E-state index contributed by atoms with van der Waals surface area (Å²) in [5.74, 6) is -0.452. The molecule has 1 aliphatic rings. The summed E-state index contributed by atoms with van der Waals surface area (Å²) in [4.78, 5) is 18.8. The Morgan fingerprint density at radius 2 is 1.70 bits per heavy atom. The van der Waals surface area contributed by atoms with Gasteiger partial charge in [0, 0.05) is 30.4 Å². The highest BCUT2D eigenvalue weighted by Gasteiger charge is 2.26. The van der Waals surface area contributed by atoms with Gasteiger partial charge in [0.05, 0.1) is 5.57 Å². The molecule has 2 aromatic carbocycles. The highest BCUT2D eigenvalue weighted by molar-refractivity contribution is 6.32. The second-order valence-electron chi connectivity index (χ2n) is 5.37. The third-order valence-electron chi connectivity index (χ3n) is 3.53. The molecule has 23 heavy (non-hydrogen) atoms. The monoisotopic (exact) mass is 326 g/mol. The minimum atomic E-state index is -0.452. The minimum Gasteiger partial charge on any atom is -0.378 e. The first-order chi connectivity index (χ1) is 11.0. The molecule has 0 fully saturated rings. The van der Waals surface area contributed by atoms with Crippen LogP contribution in [0.5, 0.6) is 0 Å². The average Bonchev–Trinajstić information content (AvgIpc) is 2.90. The van der Waals surface area contributed by atoms with Gasteiger partial charge >= 0.3 is 5.97 Å². The van der Waals surface area contributed by atoms with Gasteiger partial charge in [-0.2, -0.15) is 0 Å². The molecule has 0 amide bonds. The molecule has 0 spiro atoms. The van der Waals surface area contributed by atoms with Crippen LogP contribution < -0.4 is 4.90 Å². The molecule has 2 aromatic rings. The molecule has 4 nitrogen and oxygen atoms in total. The van der Waals surface area contributed by atoms with Gasteiger partial charge in [-0.05, 0) is 35.9 Å². The van der Waals surface area contributed by atoms with Crippen molar-refractivity contribution in [1.82, 2.24) is 0 Å². The van der Waals surface area contributed by atoms with Crippen LogP contribution in [0.2, 0.25) is 5.02 Å². The maximum absolute atomic E-state index is 12.0. The molecule has 0 saturated carbocycles. The van der Waals surface area contributed by atoms with Crippen molar-refractivity contribution >= 4 is 35.0 Å². The van der Waals surface area contributed by atoms with Gasteiger partial charge in [0.25, 0.3) is 0 Å². The van der Waals surface area contributed by atoms with Crippen LogP contribution in [0.3, 0.4) is 0 Å². The molecule has 0 bridgehead atoms. The van der Waals surface area contributed by atoms with E-state index in [-0.39, 0.29) is 0 Å². The van der Waals surface area contributed by atoms with Crippen molar-refractivity contribution in [2.75, 3.05) is 19.0 Å². The molecule has 1 aliphatic heterocycles. The normalized spacial score (nSPS) is 15.5. The summed E-state index contributed by atoms with van der Waals surface area (Å²) in [7, 11) is 3.96. The smallest absolute Gasteiger partial charge is 0.368 e. The van der Waals surface area contributed by atoms with Gasteiger partial charge in [0.2, 0.25) is 0 Å². The number of hydrogen-bond donors (Lipinski definition) is 0. The van der Waals surface area contributed by atoms with Gasteiger partial charge in [-0.3, -0.25) is 0 Å². The summed E-state index contributed by atoms with van der Waals surface area (Å²) in [6.45, 7) is 0. The van der Waals surface area contributed by atoms with Crippen molar-refractivity contribution in [3.05, 3.63) is 70.3 Å². The molecule has 3 rings (SSSR count). The predicted octanol–water partition coefficient (Wildman–Crippen LogP) is 3.75. The Balaban J connectivity index is 1.94. The van der Waals surface area contributed by atoms with E-state index in [0.717, 1.165) is 16.8 Å². The molecule has 5 heteroatoms. The number of carbonyl (C=O) groups is 1. The van der Waals surface area contributed by atoms with E-state index in [1.807, 2.05) is 55.4 Å². The second-order valence-corrected chi connectivity index (χ2v) is 5.81. The highest BCUT2D eigenvalue weighted by Crippen LogP contribution is 2.23. The summed E-state index contributed by atoms with van der Waals surface area (Å²) in [5, 5.41) is 4.52. The SMILES string of the molecule is CN(C)c1ccc(/C=C2\C(=O)ON=C2c2ccc(Cl)cc2)cc1. The lowest BCUT2D eigenvalue weighted by molar-refractivity contribution is -0.136. The number of halogens is 1. The van der Waals surface area contributed by atoms with E-state index < -0.39 is 5.97 Å². The number of rotatable bonds is 3. The number of benzene rings is 2. The first kappa shape index (κ1) is 15.3. The van der Waals surface area contributed by atoms with Gasteiger partial charge in [-0.15, -0.1) is 0 Å². The van der Waals surface area contributed by atoms with E-state index in [1.54, 1.807) is 18.2 Å². The lowest BCUT2D eigenvalue weighted by Crippen LogP contribution is -2.08. The van der Waals surface area contributed by atoms with E-state index in [1.165, 1.54) is 0 Å². The number of oxime groups is 1. The topological polar surface area (TPSA) is 41.9 Å². The summed E-state index contributed by atoms with van der Waals surface area (Å²) < 4.78 is 0. The Labute approximate surface area is 139 Å². The fourth-order valence-corrected chi connectivity index (χ4v) is 2.39. The molecule has 116 valence electrons. The van der Waals surface area contributed by atoms with Crippen molar-refractivity contribution < 1.29 is 9.63 Å². The molecule has 0 N–H and O–H groups in total. The van der Waals surface area contributed by atoms with E-state index >= 15 is 0 Å². The van der Waals surface area contributed by atoms with Gasteiger partial charge < -0.3 is 9.74 Å². The molecule has 0 saturated heterocycles. The lowest BCUT2D eigenvalue weighted by atomic mass is 10.0. The third kappa shape index (κ3) is 3.27. The third-order valence-corrected chi connectivity index (χ3v) is 3.79. The summed E-state index contributed by atoms with van der Waals surface area (Å²) in [6.07, 6.45) is 1.78. The summed E-state index contributed by atoms with van der Waals surface area (Å²) >= 11 is 5.90. The molecule has 0 aliphatic carbocycles. The summed E-state index contributed by atoms with van der Waals surface area (Å²) in [6, 6.07) is 15.0. The van der Waals surface area contributed by atoms with Crippen molar-refractivity contribution in [3.8, 4) is 0 Å². The van der Waals surface area contributed by atoms with E-state index in [0.29, 0.717) is 16.3 Å². The van der Waals surface area contributed by atoms with Crippen LogP contribution in [0.15, 0.2) is 59.3 Å². The Hall–Kier alpha value is -2.59. The molecule has 0 unspecified atom stereocenters. The number of anilines is 1. The molecular weight excluding hydrogens is 312 g/mol. The van der Waals surface area contributed by atoms with Crippen molar-refractivity contribution in [3.63, 3.8) is 0 Å². The number of carbonyl (C=O) groups excluding carboxylic acids is 1. The fraction of sp³-hybridized carbons (Fsp3) is 0.111. The maximum atomic E-state index is 12.0. The highest BCUT2D eigenvalue weighted by atomic mass is 35.5. The van der Waals surface area contributed by atoms with Crippen LogP contribution in [0.4, 0.5) is 5.69 Å². The van der Waals surface area contributed by atoms with Crippen molar-refractivity contribution in [2.24, 2.45) is 5.16 Å². The molecular formula is C18H15ClN2O2. The Bertz CT molecular complexity index is 791. The van der Waals surface area contributed by atoms with Crippen LogP contribution in [0.25, 0.3) is 6.08 Å². The van der Waals surface area contributed by atoms with Gasteiger partial charge in [-0.1, -0.05) is 41.0 Å². The zero-order valence-electron chi connectivity index (χ0n) is 12.8. The molecule has 1 heterocycles. The molecule has 0 radical (unpaired) electrons. The summed E-state index contributed by atoms with van der Waals surface area (Å²) in [5.41, 5.74) is 3.74. The van der Waals surface area contributed by atoms with Crippen molar-refractivity contribution in [1.29, 1.82) is 0 Å². The predicted molar refractivity (Wildman–Crippen MR) is 92.8 cm³/mol. The minimum absolute atomic E-state index is 0.435. The first-order valence-electron chi connectivity index (χ1n) is 7.09. The first-order valence-corrected chi connectivity index (χ1v) is 7.47. The van der Waals surface area contributed by atoms with Gasteiger partial charge in [-0.25, -0.2) is 4.79 Å². The fourth-order valence-electron chi connectivity index (χ4n) is 2.26. The Kier molecular flexibility index (Phi) is 4.17. The van der Waals surface area contributed by atoms with Crippen LogP contribution in [-0.2, 0) is 9.63 Å². The quantitative estimate of drug-likeness (QED) is 0.637. The Morgan fingerprint density at radius 1 is 1.04 bits per heavy atom. The van der Waals surface area contributed by atoms with Gasteiger partial charge in [0.1, 0.15) is 5.71 Å². The average molecular weight is 327 g/mol. The molecule has 0 atom stereocenters. The van der Waals surface area contributed by atoms with Crippen LogP contribution >= 0.6 is 11.6 Å². The zero-order chi connectivity index (χ0) is 16.4. The van der Waals surface area contributed by atoms with Crippen LogP contribution in [0.1, 0.15) is 11.1 Å². The number of nitrogens with zero attached hydrogens (tertiary/aromatic N) is 2. The van der Waals surface area contributed by atoms with E-state index in [4.69, 9.17) is 16.4 Å². The zero-order valence-corrected chi connectivity index (χ0v) is 13.5. The van der Waals surface area contributed by atoms with Crippen LogP contribution in [-0.4, -0.2) is 25.8 Å². The lowest BCUT2D eigenvalue weighted by Gasteiger charge is -2.11. The number of hydrogen-bond acceptors (Lipinski definition) is 4.